The molecule has 0 radical (unpaired) electrons. The molecule has 1 fully saturated rings. The first kappa shape index (κ1) is 10.5. The van der Waals surface area contributed by atoms with Crippen molar-refractivity contribution in [3.63, 3.8) is 0 Å². The zero-order chi connectivity index (χ0) is 10.7. The topological polar surface area (TPSA) is 41.1 Å². The number of nitrogens with one attached hydrogen (secondary N) is 1. The number of aryl methyl sites for hydroxylation is 1. The summed E-state index contributed by atoms with van der Waals surface area (Å²) in [6.45, 7) is 8.35. The van der Waals surface area contributed by atoms with Crippen molar-refractivity contribution in [2.75, 3.05) is 19.6 Å². The van der Waals surface area contributed by atoms with Crippen molar-refractivity contribution in [3.8, 4) is 0 Å². The van der Waals surface area contributed by atoms with Crippen LogP contribution >= 0.6 is 0 Å². The predicted molar refractivity (Wildman–Crippen MR) is 59.5 cm³/mol. The van der Waals surface area contributed by atoms with Crippen molar-refractivity contribution in [1.29, 1.82) is 0 Å². The van der Waals surface area contributed by atoms with Gasteiger partial charge in [-0.2, -0.15) is 0 Å². The van der Waals surface area contributed by atoms with Crippen LogP contribution in [0.1, 0.15) is 18.3 Å². The molecule has 1 aliphatic heterocycles. The minimum Gasteiger partial charge on any atom is -0.314 e. The third-order valence-corrected chi connectivity index (χ3v) is 2.84. The molecule has 1 aromatic rings. The Kier molecular flexibility index (Phi) is 3.28. The third kappa shape index (κ3) is 2.73. The molecule has 1 saturated heterocycles. The lowest BCUT2D eigenvalue weighted by atomic mass is 10.2. The number of rotatable bonds is 2. The molecule has 15 heavy (non-hydrogen) atoms. The standard InChI is InChI=1S/C11H18N4/c1-9-5-14-11(7-13-9)8-15-4-3-12-6-10(15)2/h5,7,10,12H,3-4,6,8H2,1-2H3/t10-/m0/s1. The molecule has 2 rings (SSSR count). The molecular formula is C11H18N4. The molecule has 0 bridgehead atoms. The summed E-state index contributed by atoms with van der Waals surface area (Å²) >= 11 is 0. The van der Waals surface area contributed by atoms with Crippen molar-refractivity contribution in [3.05, 3.63) is 23.8 Å². The van der Waals surface area contributed by atoms with E-state index in [9.17, 15) is 0 Å². The highest BCUT2D eigenvalue weighted by Crippen LogP contribution is 2.07. The smallest absolute Gasteiger partial charge is 0.0727 e. The Morgan fingerprint density at radius 1 is 1.47 bits per heavy atom. The quantitative estimate of drug-likeness (QED) is 0.768. The normalized spacial score (nSPS) is 22.9. The second-order valence-electron chi connectivity index (χ2n) is 4.17. The lowest BCUT2D eigenvalue weighted by molar-refractivity contribution is 0.163. The van der Waals surface area contributed by atoms with Crippen LogP contribution in [-0.2, 0) is 6.54 Å². The third-order valence-electron chi connectivity index (χ3n) is 2.84. The zero-order valence-corrected chi connectivity index (χ0v) is 9.40. The summed E-state index contributed by atoms with van der Waals surface area (Å²) in [6, 6.07) is 0.585. The lowest BCUT2D eigenvalue weighted by Crippen LogP contribution is -2.49. The highest BCUT2D eigenvalue weighted by Gasteiger charge is 2.17. The van der Waals surface area contributed by atoms with Gasteiger partial charge in [0, 0.05) is 44.6 Å². The van der Waals surface area contributed by atoms with Gasteiger partial charge in [-0.3, -0.25) is 14.9 Å². The van der Waals surface area contributed by atoms with Crippen molar-refractivity contribution < 1.29 is 0 Å². The number of hydrogen-bond donors (Lipinski definition) is 1. The largest absolute Gasteiger partial charge is 0.314 e. The van der Waals surface area contributed by atoms with Crippen LogP contribution in [0.4, 0.5) is 0 Å². The fourth-order valence-electron chi connectivity index (χ4n) is 1.83. The summed E-state index contributed by atoms with van der Waals surface area (Å²) in [6.07, 6.45) is 3.71. The number of aromatic nitrogens is 2. The molecule has 1 atom stereocenters. The Morgan fingerprint density at radius 2 is 2.33 bits per heavy atom. The first-order chi connectivity index (χ1) is 7.25. The molecule has 0 aromatic carbocycles. The molecule has 1 aliphatic rings. The van der Waals surface area contributed by atoms with Crippen LogP contribution in [0.15, 0.2) is 12.4 Å². The SMILES string of the molecule is Cc1cnc(CN2CCNC[C@@H]2C)cn1. The summed E-state index contributed by atoms with van der Waals surface area (Å²) in [5, 5.41) is 3.38. The molecule has 4 nitrogen and oxygen atoms in total. The summed E-state index contributed by atoms with van der Waals surface area (Å²) in [5.74, 6) is 0. The maximum atomic E-state index is 4.38. The molecule has 0 amide bonds. The molecule has 0 saturated carbocycles. The van der Waals surface area contributed by atoms with Gasteiger partial charge in [-0.15, -0.1) is 0 Å². The van der Waals surface area contributed by atoms with E-state index in [1.54, 1.807) is 0 Å². The van der Waals surface area contributed by atoms with E-state index in [1.807, 2.05) is 19.3 Å². The first-order valence-electron chi connectivity index (χ1n) is 5.48. The predicted octanol–water partition coefficient (Wildman–Crippen LogP) is 0.579. The Bertz CT molecular complexity index is 309. The minimum absolute atomic E-state index is 0.585. The van der Waals surface area contributed by atoms with E-state index in [2.05, 4.69) is 27.1 Å². The van der Waals surface area contributed by atoms with E-state index < -0.39 is 0 Å². The molecule has 82 valence electrons. The maximum Gasteiger partial charge on any atom is 0.0727 e. The van der Waals surface area contributed by atoms with Crippen LogP contribution < -0.4 is 5.32 Å². The van der Waals surface area contributed by atoms with Crippen molar-refractivity contribution in [2.45, 2.75) is 26.4 Å². The van der Waals surface area contributed by atoms with E-state index in [-0.39, 0.29) is 0 Å². The van der Waals surface area contributed by atoms with Gasteiger partial charge in [0.25, 0.3) is 0 Å². The molecule has 0 aliphatic carbocycles. The van der Waals surface area contributed by atoms with E-state index in [0.29, 0.717) is 6.04 Å². The average Bonchev–Trinajstić information content (AvgIpc) is 2.25. The maximum absolute atomic E-state index is 4.38. The van der Waals surface area contributed by atoms with Crippen LogP contribution in [0.2, 0.25) is 0 Å². The van der Waals surface area contributed by atoms with Gasteiger partial charge < -0.3 is 5.32 Å². The zero-order valence-electron chi connectivity index (χ0n) is 9.40. The van der Waals surface area contributed by atoms with Gasteiger partial charge in [-0.1, -0.05) is 0 Å². The van der Waals surface area contributed by atoms with Crippen LogP contribution in [0.5, 0.6) is 0 Å². The second kappa shape index (κ2) is 4.68. The number of piperazine rings is 1. The fraction of sp³-hybridized carbons (Fsp3) is 0.636. The van der Waals surface area contributed by atoms with Crippen molar-refractivity contribution >= 4 is 0 Å². The van der Waals surface area contributed by atoms with Crippen LogP contribution in [0, 0.1) is 6.92 Å². The summed E-state index contributed by atoms with van der Waals surface area (Å²) in [7, 11) is 0. The summed E-state index contributed by atoms with van der Waals surface area (Å²) in [5.41, 5.74) is 2.04. The van der Waals surface area contributed by atoms with Gasteiger partial charge in [-0.05, 0) is 13.8 Å². The minimum atomic E-state index is 0.585. The van der Waals surface area contributed by atoms with E-state index in [1.165, 1.54) is 0 Å². The van der Waals surface area contributed by atoms with Crippen molar-refractivity contribution in [1.82, 2.24) is 20.2 Å². The molecule has 0 spiro atoms. The molecule has 1 N–H and O–H groups in total. The summed E-state index contributed by atoms with van der Waals surface area (Å²) < 4.78 is 0. The Balaban J connectivity index is 1.98. The molecule has 2 heterocycles. The Hall–Kier alpha value is -1.00. The van der Waals surface area contributed by atoms with Crippen LogP contribution in [0.25, 0.3) is 0 Å². The molecule has 0 unspecified atom stereocenters. The highest BCUT2D eigenvalue weighted by molar-refractivity contribution is 5.01. The first-order valence-corrected chi connectivity index (χ1v) is 5.48. The van der Waals surface area contributed by atoms with Gasteiger partial charge in [0.2, 0.25) is 0 Å². The Morgan fingerprint density at radius 3 is 3.00 bits per heavy atom. The van der Waals surface area contributed by atoms with Gasteiger partial charge in [0.1, 0.15) is 0 Å². The summed E-state index contributed by atoms with van der Waals surface area (Å²) in [4.78, 5) is 11.1. The number of hydrogen-bond acceptors (Lipinski definition) is 4. The van der Waals surface area contributed by atoms with E-state index in [4.69, 9.17) is 0 Å². The van der Waals surface area contributed by atoms with Gasteiger partial charge in [0.15, 0.2) is 0 Å². The van der Waals surface area contributed by atoms with Gasteiger partial charge in [0.05, 0.1) is 11.4 Å². The second-order valence-corrected chi connectivity index (χ2v) is 4.17. The van der Waals surface area contributed by atoms with E-state index >= 15 is 0 Å². The van der Waals surface area contributed by atoms with Crippen molar-refractivity contribution in [2.24, 2.45) is 0 Å². The van der Waals surface area contributed by atoms with Crippen LogP contribution in [-0.4, -0.2) is 40.5 Å². The van der Waals surface area contributed by atoms with E-state index in [0.717, 1.165) is 37.6 Å². The number of nitrogens with zero attached hydrogens (tertiary/aromatic N) is 3. The molecule has 4 heteroatoms. The van der Waals surface area contributed by atoms with Crippen LogP contribution in [0.3, 0.4) is 0 Å². The van der Waals surface area contributed by atoms with Gasteiger partial charge >= 0.3 is 0 Å². The fourth-order valence-corrected chi connectivity index (χ4v) is 1.83. The Labute approximate surface area is 90.7 Å². The molecule has 1 aromatic heterocycles. The molecular weight excluding hydrogens is 188 g/mol. The monoisotopic (exact) mass is 206 g/mol. The highest BCUT2D eigenvalue weighted by atomic mass is 15.2. The van der Waals surface area contributed by atoms with Gasteiger partial charge in [-0.25, -0.2) is 0 Å². The average molecular weight is 206 g/mol. The lowest BCUT2D eigenvalue weighted by Gasteiger charge is -2.33.